The summed E-state index contributed by atoms with van der Waals surface area (Å²) >= 11 is 0. The third-order valence-electron chi connectivity index (χ3n) is 6.62. The molecule has 0 spiro atoms. The zero-order chi connectivity index (χ0) is 24.5. The van der Waals surface area contributed by atoms with E-state index in [0.29, 0.717) is 34.5 Å². The van der Waals surface area contributed by atoms with Crippen LogP contribution in [0.4, 0.5) is 10.5 Å². The highest BCUT2D eigenvalue weighted by Gasteiger charge is 2.48. The maximum absolute atomic E-state index is 12.1. The third-order valence-corrected chi connectivity index (χ3v) is 6.62. The highest BCUT2D eigenvalue weighted by molar-refractivity contribution is 5.65. The number of aryl methyl sites for hydroxylation is 1. The molecular weight excluding hydrogens is 454 g/mol. The van der Waals surface area contributed by atoms with Gasteiger partial charge in [-0.15, -0.1) is 0 Å². The number of hydrogen-bond acceptors (Lipinski definition) is 9. The molecule has 2 heterocycles. The fourth-order valence-corrected chi connectivity index (χ4v) is 4.73. The number of non-ortho nitro benzene ring substituents is 1. The number of nitrogens with zero attached hydrogens (tertiary/aromatic N) is 3. The average Bonchev–Trinajstić information content (AvgIpc) is 3.52. The molecule has 35 heavy (non-hydrogen) atoms. The normalized spacial score (nSPS) is 22.7. The van der Waals surface area contributed by atoms with Crippen LogP contribution in [0.1, 0.15) is 37.4 Å². The van der Waals surface area contributed by atoms with Gasteiger partial charge >= 0.3 is 6.16 Å². The molecule has 4 unspecified atom stereocenters. The summed E-state index contributed by atoms with van der Waals surface area (Å²) in [5.74, 6) is 3.40. The Morgan fingerprint density at radius 2 is 1.91 bits per heavy atom. The Hall–Kier alpha value is -3.95. The van der Waals surface area contributed by atoms with Crippen molar-refractivity contribution in [3.8, 4) is 23.0 Å². The molecule has 2 aromatic heterocycles. The number of hydrogen-bond donors (Lipinski definition) is 0. The van der Waals surface area contributed by atoms with Gasteiger partial charge < -0.3 is 18.7 Å². The van der Waals surface area contributed by atoms with Crippen LogP contribution in [0.25, 0.3) is 11.5 Å². The van der Waals surface area contributed by atoms with Gasteiger partial charge in [0.1, 0.15) is 29.9 Å². The number of aromatic nitrogens is 2. The van der Waals surface area contributed by atoms with Gasteiger partial charge in [-0.2, -0.15) is 0 Å². The van der Waals surface area contributed by atoms with E-state index in [9.17, 15) is 14.9 Å². The van der Waals surface area contributed by atoms with Gasteiger partial charge in [-0.05, 0) is 68.2 Å². The van der Waals surface area contributed by atoms with Crippen molar-refractivity contribution in [1.29, 1.82) is 0 Å². The van der Waals surface area contributed by atoms with Crippen molar-refractivity contribution in [3.63, 3.8) is 0 Å². The molecule has 0 radical (unpaired) electrons. The van der Waals surface area contributed by atoms with E-state index in [1.807, 2.05) is 6.07 Å². The Balaban J connectivity index is 1.20. The van der Waals surface area contributed by atoms with Crippen molar-refractivity contribution >= 4 is 11.8 Å². The Morgan fingerprint density at radius 1 is 1.14 bits per heavy atom. The van der Waals surface area contributed by atoms with Gasteiger partial charge in [-0.1, -0.05) is 12.1 Å². The summed E-state index contributed by atoms with van der Waals surface area (Å²) < 4.78 is 22.0. The molecule has 0 bridgehead atoms. The van der Waals surface area contributed by atoms with E-state index in [1.165, 1.54) is 37.1 Å². The smallest absolute Gasteiger partial charge is 0.489 e. The molecule has 182 valence electrons. The molecule has 0 N–H and O–H groups in total. The summed E-state index contributed by atoms with van der Waals surface area (Å²) in [6, 6.07) is 8.78. The van der Waals surface area contributed by atoms with Crippen molar-refractivity contribution in [2.75, 3.05) is 0 Å². The zero-order valence-corrected chi connectivity index (χ0v) is 19.4. The molecule has 2 fully saturated rings. The Bertz CT molecular complexity index is 1220. The molecular formula is C25H25N3O7. The first kappa shape index (κ1) is 22.8. The summed E-state index contributed by atoms with van der Waals surface area (Å²) in [7, 11) is 0. The van der Waals surface area contributed by atoms with Gasteiger partial charge in [0.05, 0.1) is 22.4 Å². The minimum Gasteiger partial charge on any atom is -0.489 e. The van der Waals surface area contributed by atoms with Crippen molar-refractivity contribution < 1.29 is 28.5 Å². The second-order valence-electron chi connectivity index (χ2n) is 9.24. The number of fused-ring (bicyclic) bond motifs is 1. The first-order valence-corrected chi connectivity index (χ1v) is 11.5. The summed E-state index contributed by atoms with van der Waals surface area (Å²) in [6.07, 6.45) is 4.60. The predicted molar refractivity (Wildman–Crippen MR) is 123 cm³/mol. The second-order valence-corrected chi connectivity index (χ2v) is 9.24. The first-order valence-electron chi connectivity index (χ1n) is 11.5. The van der Waals surface area contributed by atoms with Gasteiger partial charge in [0.2, 0.25) is 0 Å². The standard InChI is InChI=1S/C25H25N3O7/c1-14-9-16-11-20(16)23(10-14)33-19-7-8-22(26-12-19)24-21(15(2)27-35-24)13-32-25(29)34-18-5-3-17(4-6-18)28(30)31/h3-8,12,14,16,20,23H,9-11,13H2,1-2H3. The van der Waals surface area contributed by atoms with Gasteiger partial charge in [0.25, 0.3) is 5.69 Å². The molecule has 5 rings (SSSR count). The molecule has 2 aliphatic rings. The molecule has 4 atom stereocenters. The first-order chi connectivity index (χ1) is 16.9. The van der Waals surface area contributed by atoms with E-state index in [4.69, 9.17) is 18.7 Å². The van der Waals surface area contributed by atoms with E-state index < -0.39 is 11.1 Å². The van der Waals surface area contributed by atoms with E-state index in [1.54, 1.807) is 19.2 Å². The largest absolute Gasteiger partial charge is 0.514 e. The Kier molecular flexibility index (Phi) is 6.10. The molecule has 0 aliphatic heterocycles. The number of carbonyl (C=O) groups excluding carboxylic acids is 1. The van der Waals surface area contributed by atoms with Crippen LogP contribution < -0.4 is 9.47 Å². The lowest BCUT2D eigenvalue weighted by Gasteiger charge is -2.27. The minimum absolute atomic E-state index is 0.107. The third kappa shape index (κ3) is 5.11. The lowest BCUT2D eigenvalue weighted by molar-refractivity contribution is -0.384. The summed E-state index contributed by atoms with van der Waals surface area (Å²) in [5.41, 5.74) is 1.56. The molecule has 0 amide bonds. The van der Waals surface area contributed by atoms with Crippen molar-refractivity contribution in [2.24, 2.45) is 17.8 Å². The predicted octanol–water partition coefficient (Wildman–Crippen LogP) is 5.48. The number of benzene rings is 1. The molecule has 2 saturated carbocycles. The monoisotopic (exact) mass is 479 g/mol. The van der Waals surface area contributed by atoms with Gasteiger partial charge in [0.15, 0.2) is 5.76 Å². The second kappa shape index (κ2) is 9.36. The quantitative estimate of drug-likeness (QED) is 0.187. The summed E-state index contributed by atoms with van der Waals surface area (Å²) in [6.45, 7) is 3.88. The van der Waals surface area contributed by atoms with Crippen LogP contribution in [0.5, 0.6) is 11.5 Å². The number of ether oxygens (including phenoxy) is 3. The molecule has 1 aromatic carbocycles. The average molecular weight is 479 g/mol. The van der Waals surface area contributed by atoms with Crippen LogP contribution in [0.2, 0.25) is 0 Å². The number of rotatable bonds is 7. The van der Waals surface area contributed by atoms with Crippen molar-refractivity contribution in [3.05, 3.63) is 64.0 Å². The molecule has 10 nitrogen and oxygen atoms in total. The van der Waals surface area contributed by atoms with Crippen LogP contribution in [-0.2, 0) is 11.3 Å². The van der Waals surface area contributed by atoms with Gasteiger partial charge in [0, 0.05) is 12.1 Å². The molecule has 3 aromatic rings. The maximum Gasteiger partial charge on any atom is 0.514 e. The number of pyridine rings is 1. The Morgan fingerprint density at radius 3 is 2.63 bits per heavy atom. The van der Waals surface area contributed by atoms with Gasteiger partial charge in [-0.3, -0.25) is 10.1 Å². The van der Waals surface area contributed by atoms with Crippen LogP contribution >= 0.6 is 0 Å². The molecule has 10 heteroatoms. The zero-order valence-electron chi connectivity index (χ0n) is 19.4. The van der Waals surface area contributed by atoms with E-state index >= 15 is 0 Å². The van der Waals surface area contributed by atoms with Crippen LogP contribution in [0, 0.1) is 34.8 Å². The number of nitro groups is 1. The van der Waals surface area contributed by atoms with Crippen molar-refractivity contribution in [2.45, 2.75) is 45.8 Å². The molecule has 0 saturated heterocycles. The summed E-state index contributed by atoms with van der Waals surface area (Å²) in [5, 5.41) is 14.7. The minimum atomic E-state index is -0.956. The number of carbonyl (C=O) groups is 1. The Labute approximate surface area is 201 Å². The van der Waals surface area contributed by atoms with Crippen LogP contribution in [0.15, 0.2) is 47.1 Å². The highest BCUT2D eigenvalue weighted by Crippen LogP contribution is 2.52. The lowest BCUT2D eigenvalue weighted by atomic mass is 9.89. The lowest BCUT2D eigenvalue weighted by Crippen LogP contribution is -2.27. The fourth-order valence-electron chi connectivity index (χ4n) is 4.73. The number of nitro benzene ring substituents is 1. The fraction of sp³-hybridized carbons (Fsp3) is 0.400. The maximum atomic E-state index is 12.1. The topological polar surface area (TPSA) is 127 Å². The summed E-state index contributed by atoms with van der Waals surface area (Å²) in [4.78, 5) is 26.8. The molecule has 2 aliphatic carbocycles. The van der Waals surface area contributed by atoms with Gasteiger partial charge in [-0.25, -0.2) is 9.78 Å². The SMILES string of the molecule is Cc1noc(-c2ccc(OC3CC(C)CC4CC43)cn2)c1COC(=O)Oc1ccc([N+](=O)[O-])cc1. The van der Waals surface area contributed by atoms with Crippen LogP contribution in [0.3, 0.4) is 0 Å². The van der Waals surface area contributed by atoms with E-state index in [-0.39, 0.29) is 24.1 Å². The van der Waals surface area contributed by atoms with Crippen LogP contribution in [-0.4, -0.2) is 27.3 Å². The highest BCUT2D eigenvalue weighted by atomic mass is 16.7. The van der Waals surface area contributed by atoms with E-state index in [2.05, 4.69) is 17.1 Å². The van der Waals surface area contributed by atoms with E-state index in [0.717, 1.165) is 18.1 Å². The van der Waals surface area contributed by atoms with Crippen molar-refractivity contribution in [1.82, 2.24) is 10.1 Å².